The second-order valence-electron chi connectivity index (χ2n) is 6.56. The van der Waals surface area contributed by atoms with Gasteiger partial charge in [0.15, 0.2) is 0 Å². The molecule has 2 aromatic carbocycles. The summed E-state index contributed by atoms with van der Waals surface area (Å²) >= 11 is 5.97. The lowest BCUT2D eigenvalue weighted by atomic mass is 10.0. The van der Waals surface area contributed by atoms with Gasteiger partial charge >= 0.3 is 0 Å². The summed E-state index contributed by atoms with van der Waals surface area (Å²) in [5, 5.41) is 0.635. The number of amides is 1. The molecule has 1 aromatic heterocycles. The first-order valence-corrected chi connectivity index (χ1v) is 9.32. The van der Waals surface area contributed by atoms with E-state index in [2.05, 4.69) is 4.98 Å². The standard InChI is InChI=1S/C22H19ClN2O3/c1-27-21-12-24-10-9-20(21)15-5-7-16(8-6-15)22(26)25-13-19(14-25)28-18-4-2-3-17(23)11-18/h2-12,19H,13-14H2,1H3. The number of carbonyl (C=O) groups is 1. The number of ether oxygens (including phenoxy) is 2. The smallest absolute Gasteiger partial charge is 0.254 e. The van der Waals surface area contributed by atoms with E-state index in [9.17, 15) is 4.79 Å². The monoisotopic (exact) mass is 394 g/mol. The van der Waals surface area contributed by atoms with Crippen molar-refractivity contribution in [1.82, 2.24) is 9.88 Å². The molecule has 3 aromatic rings. The summed E-state index contributed by atoms with van der Waals surface area (Å²) < 4.78 is 11.2. The number of benzene rings is 2. The maximum atomic E-state index is 12.7. The van der Waals surface area contributed by atoms with Gasteiger partial charge in [-0.1, -0.05) is 29.8 Å². The molecular formula is C22H19ClN2O3. The Morgan fingerprint density at radius 2 is 1.93 bits per heavy atom. The van der Waals surface area contributed by atoms with Gasteiger partial charge in [-0.2, -0.15) is 0 Å². The van der Waals surface area contributed by atoms with Gasteiger partial charge in [0, 0.05) is 22.3 Å². The Labute approximate surface area is 168 Å². The van der Waals surface area contributed by atoms with Crippen LogP contribution in [0.3, 0.4) is 0 Å². The molecule has 2 heterocycles. The van der Waals surface area contributed by atoms with E-state index >= 15 is 0 Å². The quantitative estimate of drug-likeness (QED) is 0.647. The summed E-state index contributed by atoms with van der Waals surface area (Å²) in [7, 11) is 1.62. The number of hydrogen-bond donors (Lipinski definition) is 0. The second-order valence-corrected chi connectivity index (χ2v) is 7.00. The van der Waals surface area contributed by atoms with Crippen molar-refractivity contribution < 1.29 is 14.3 Å². The number of hydrogen-bond acceptors (Lipinski definition) is 4. The molecule has 0 atom stereocenters. The maximum absolute atomic E-state index is 12.7. The summed E-state index contributed by atoms with van der Waals surface area (Å²) in [6.07, 6.45) is 3.38. The maximum Gasteiger partial charge on any atom is 0.254 e. The molecule has 0 bridgehead atoms. The molecule has 1 aliphatic heterocycles. The Balaban J connectivity index is 1.38. The molecule has 0 spiro atoms. The van der Waals surface area contributed by atoms with Crippen molar-refractivity contribution in [2.75, 3.05) is 20.2 Å². The molecule has 0 saturated carbocycles. The van der Waals surface area contributed by atoms with E-state index in [0.29, 0.717) is 29.4 Å². The predicted molar refractivity (Wildman–Crippen MR) is 108 cm³/mol. The van der Waals surface area contributed by atoms with Crippen LogP contribution in [0.15, 0.2) is 67.0 Å². The minimum absolute atomic E-state index is 0.000752. The van der Waals surface area contributed by atoms with Crippen molar-refractivity contribution in [2.24, 2.45) is 0 Å². The van der Waals surface area contributed by atoms with Crippen molar-refractivity contribution in [3.05, 3.63) is 77.6 Å². The average molecular weight is 395 g/mol. The molecule has 1 fully saturated rings. The Kier molecular flexibility index (Phi) is 5.17. The van der Waals surface area contributed by atoms with Crippen LogP contribution in [0.2, 0.25) is 5.02 Å². The van der Waals surface area contributed by atoms with Gasteiger partial charge in [-0.3, -0.25) is 9.78 Å². The van der Waals surface area contributed by atoms with E-state index in [1.807, 2.05) is 42.5 Å². The fourth-order valence-electron chi connectivity index (χ4n) is 3.17. The zero-order valence-electron chi connectivity index (χ0n) is 15.3. The van der Waals surface area contributed by atoms with Gasteiger partial charge < -0.3 is 14.4 Å². The lowest BCUT2D eigenvalue weighted by molar-refractivity contribution is 0.0178. The first-order chi connectivity index (χ1) is 13.6. The lowest BCUT2D eigenvalue weighted by Gasteiger charge is -2.39. The normalized spacial score (nSPS) is 13.7. The molecule has 1 amide bonds. The number of aromatic nitrogens is 1. The number of carbonyl (C=O) groups excluding carboxylic acids is 1. The van der Waals surface area contributed by atoms with E-state index in [-0.39, 0.29) is 12.0 Å². The summed E-state index contributed by atoms with van der Waals surface area (Å²) in [6.45, 7) is 1.12. The van der Waals surface area contributed by atoms with E-state index in [1.54, 1.807) is 36.5 Å². The number of methoxy groups -OCH3 is 1. The highest BCUT2D eigenvalue weighted by Gasteiger charge is 2.32. The van der Waals surface area contributed by atoms with E-state index < -0.39 is 0 Å². The fourth-order valence-corrected chi connectivity index (χ4v) is 3.35. The molecule has 1 aliphatic rings. The third kappa shape index (κ3) is 3.80. The molecule has 5 nitrogen and oxygen atoms in total. The van der Waals surface area contributed by atoms with E-state index in [4.69, 9.17) is 21.1 Å². The van der Waals surface area contributed by atoms with Crippen molar-refractivity contribution >= 4 is 17.5 Å². The molecule has 142 valence electrons. The van der Waals surface area contributed by atoms with Crippen molar-refractivity contribution in [3.8, 4) is 22.6 Å². The number of pyridine rings is 1. The van der Waals surface area contributed by atoms with Crippen molar-refractivity contribution in [3.63, 3.8) is 0 Å². The molecule has 28 heavy (non-hydrogen) atoms. The molecule has 4 rings (SSSR count). The topological polar surface area (TPSA) is 51.7 Å². The highest BCUT2D eigenvalue weighted by atomic mass is 35.5. The Morgan fingerprint density at radius 3 is 2.64 bits per heavy atom. The van der Waals surface area contributed by atoms with E-state index in [1.165, 1.54) is 0 Å². The number of rotatable bonds is 5. The van der Waals surface area contributed by atoms with Gasteiger partial charge in [0.1, 0.15) is 17.6 Å². The molecule has 6 heteroatoms. The summed E-state index contributed by atoms with van der Waals surface area (Å²) in [6, 6.07) is 16.7. The van der Waals surface area contributed by atoms with Crippen LogP contribution in [0.25, 0.3) is 11.1 Å². The predicted octanol–water partition coefficient (Wildman–Crippen LogP) is 4.31. The lowest BCUT2D eigenvalue weighted by Crippen LogP contribution is -2.56. The van der Waals surface area contributed by atoms with Crippen LogP contribution < -0.4 is 9.47 Å². The van der Waals surface area contributed by atoms with Crippen LogP contribution in [0, 0.1) is 0 Å². The SMILES string of the molecule is COc1cnccc1-c1ccc(C(=O)N2CC(Oc3cccc(Cl)c3)C2)cc1. The number of nitrogens with zero attached hydrogens (tertiary/aromatic N) is 2. The molecule has 0 aliphatic carbocycles. The number of likely N-dealkylation sites (tertiary alicyclic amines) is 1. The third-order valence-electron chi connectivity index (χ3n) is 4.68. The molecular weight excluding hydrogens is 376 g/mol. The molecule has 1 saturated heterocycles. The molecule has 0 unspecified atom stereocenters. The number of halogens is 1. The van der Waals surface area contributed by atoms with Gasteiger partial charge in [-0.15, -0.1) is 0 Å². The van der Waals surface area contributed by atoms with Gasteiger partial charge in [-0.25, -0.2) is 0 Å². The van der Waals surface area contributed by atoms with Crippen molar-refractivity contribution in [1.29, 1.82) is 0 Å². The van der Waals surface area contributed by atoms with Gasteiger partial charge in [0.05, 0.1) is 26.4 Å². The van der Waals surface area contributed by atoms with Gasteiger partial charge in [0.25, 0.3) is 5.91 Å². The second kappa shape index (κ2) is 7.90. The minimum Gasteiger partial charge on any atom is -0.494 e. The first kappa shape index (κ1) is 18.3. The van der Waals surface area contributed by atoms with Gasteiger partial charge in [0.2, 0.25) is 0 Å². The van der Waals surface area contributed by atoms with Crippen LogP contribution in [-0.4, -0.2) is 42.1 Å². The highest BCUT2D eigenvalue weighted by Crippen LogP contribution is 2.29. The Morgan fingerprint density at radius 1 is 1.14 bits per heavy atom. The van der Waals surface area contributed by atoms with Crippen LogP contribution >= 0.6 is 11.6 Å². The molecule has 0 radical (unpaired) electrons. The van der Waals surface area contributed by atoms with Crippen LogP contribution in [0.5, 0.6) is 11.5 Å². The van der Waals surface area contributed by atoms with Crippen molar-refractivity contribution in [2.45, 2.75) is 6.10 Å². The Bertz CT molecular complexity index is 985. The van der Waals surface area contributed by atoms with E-state index in [0.717, 1.165) is 16.9 Å². The Hall–Kier alpha value is -3.05. The van der Waals surface area contributed by atoms with Crippen LogP contribution in [0.4, 0.5) is 0 Å². The summed E-state index contributed by atoms with van der Waals surface area (Å²) in [5.41, 5.74) is 2.56. The largest absolute Gasteiger partial charge is 0.494 e. The summed E-state index contributed by atoms with van der Waals surface area (Å²) in [5.74, 6) is 1.42. The third-order valence-corrected chi connectivity index (χ3v) is 4.92. The zero-order chi connectivity index (χ0) is 19.5. The first-order valence-electron chi connectivity index (χ1n) is 8.94. The highest BCUT2D eigenvalue weighted by molar-refractivity contribution is 6.30. The zero-order valence-corrected chi connectivity index (χ0v) is 16.1. The summed E-state index contributed by atoms with van der Waals surface area (Å²) in [4.78, 5) is 18.5. The fraction of sp³-hybridized carbons (Fsp3) is 0.182. The van der Waals surface area contributed by atoms with Gasteiger partial charge in [-0.05, 0) is 42.0 Å². The van der Waals surface area contributed by atoms with Crippen LogP contribution in [0.1, 0.15) is 10.4 Å². The average Bonchev–Trinajstić information content (AvgIpc) is 2.70. The minimum atomic E-state index is -0.0113. The molecule has 0 N–H and O–H groups in total. The van der Waals surface area contributed by atoms with Crippen LogP contribution in [-0.2, 0) is 0 Å².